The molecule has 4 nitrogen and oxygen atoms in total. The summed E-state index contributed by atoms with van der Waals surface area (Å²) >= 11 is 5.18. The highest BCUT2D eigenvalue weighted by Gasteiger charge is 2.39. The van der Waals surface area contributed by atoms with Crippen LogP contribution in [0.15, 0.2) is 29.3 Å². The fourth-order valence-electron chi connectivity index (χ4n) is 2.05. The molecule has 1 N–H and O–H groups in total. The summed E-state index contributed by atoms with van der Waals surface area (Å²) in [6, 6.07) is 0.185. The molecule has 0 aromatic rings. The van der Waals surface area contributed by atoms with Crippen LogP contribution in [0.5, 0.6) is 0 Å². The average Bonchev–Trinajstić information content (AvgIpc) is 2.21. The molecule has 1 unspecified atom stereocenters. The van der Waals surface area contributed by atoms with Crippen LogP contribution >= 0.6 is 12.2 Å². The van der Waals surface area contributed by atoms with Gasteiger partial charge in [0.15, 0.2) is 0 Å². The highest BCUT2D eigenvalue weighted by atomic mass is 32.1. The van der Waals surface area contributed by atoms with Crippen molar-refractivity contribution in [2.75, 3.05) is 13.1 Å². The Morgan fingerprint density at radius 3 is 2.94 bits per heavy atom. The van der Waals surface area contributed by atoms with Gasteiger partial charge in [-0.25, -0.2) is 4.99 Å². The second-order valence-corrected chi connectivity index (χ2v) is 4.43. The second kappa shape index (κ2) is 3.61. The zero-order chi connectivity index (χ0) is 11.1. The first-order valence-corrected chi connectivity index (χ1v) is 5.69. The summed E-state index contributed by atoms with van der Waals surface area (Å²) in [4.78, 5) is 18.2. The van der Waals surface area contributed by atoms with Crippen LogP contribution in [0.3, 0.4) is 0 Å². The Morgan fingerprint density at radius 1 is 1.44 bits per heavy atom. The van der Waals surface area contributed by atoms with Crippen molar-refractivity contribution in [2.24, 2.45) is 10.9 Å². The van der Waals surface area contributed by atoms with Crippen LogP contribution in [-0.4, -0.2) is 40.8 Å². The van der Waals surface area contributed by atoms with E-state index in [1.165, 1.54) is 0 Å². The zero-order valence-electron chi connectivity index (χ0n) is 8.59. The lowest BCUT2D eigenvalue weighted by Gasteiger charge is -2.40. The molecule has 0 spiro atoms. The van der Waals surface area contributed by atoms with Gasteiger partial charge in [0.25, 0.3) is 0 Å². The smallest absolute Gasteiger partial charge is 0.242 e. The number of carbonyl (C=O) groups is 1. The maximum absolute atomic E-state index is 12.2. The molecule has 0 aromatic heterocycles. The Hall–Kier alpha value is -1.33. The fraction of sp³-hybridized carbons (Fsp3) is 0.364. The van der Waals surface area contributed by atoms with Gasteiger partial charge in [-0.3, -0.25) is 9.69 Å². The number of hydrogen-bond donors (Lipinski definition) is 1. The second-order valence-electron chi connectivity index (χ2n) is 4.06. The number of nitrogens with zero attached hydrogens (tertiary/aromatic N) is 2. The van der Waals surface area contributed by atoms with Gasteiger partial charge in [-0.05, 0) is 18.3 Å². The van der Waals surface area contributed by atoms with Crippen molar-refractivity contribution in [3.8, 4) is 0 Å². The molecule has 3 rings (SSSR count). The van der Waals surface area contributed by atoms with Gasteiger partial charge in [0.2, 0.25) is 11.0 Å². The maximum Gasteiger partial charge on any atom is 0.242 e. The van der Waals surface area contributed by atoms with Gasteiger partial charge in [0, 0.05) is 13.1 Å². The molecule has 0 aromatic carbocycles. The van der Waals surface area contributed by atoms with Crippen LogP contribution in [0, 0.1) is 5.92 Å². The Kier molecular flexibility index (Phi) is 2.22. The summed E-state index contributed by atoms with van der Waals surface area (Å²) in [6.07, 6.45) is 7.49. The van der Waals surface area contributed by atoms with Crippen molar-refractivity contribution >= 4 is 28.9 Å². The van der Waals surface area contributed by atoms with Crippen molar-refractivity contribution < 1.29 is 4.79 Å². The summed E-state index contributed by atoms with van der Waals surface area (Å²) in [5.74, 6) is -0.181. The molecule has 1 saturated heterocycles. The number of amides is 1. The van der Waals surface area contributed by atoms with Gasteiger partial charge in [0.05, 0.1) is 17.7 Å². The van der Waals surface area contributed by atoms with Gasteiger partial charge in [-0.2, -0.15) is 0 Å². The molecule has 82 valence electrons. The van der Waals surface area contributed by atoms with E-state index < -0.39 is 0 Å². The predicted molar refractivity (Wildman–Crippen MR) is 65.3 cm³/mol. The van der Waals surface area contributed by atoms with E-state index >= 15 is 0 Å². The molecule has 1 fully saturated rings. The van der Waals surface area contributed by atoms with Crippen LogP contribution < -0.4 is 5.32 Å². The molecule has 0 saturated carbocycles. The number of fused-ring (bicyclic) bond motifs is 1. The van der Waals surface area contributed by atoms with E-state index in [-0.39, 0.29) is 17.9 Å². The third-order valence-corrected chi connectivity index (χ3v) is 3.35. The lowest BCUT2D eigenvalue weighted by Crippen LogP contribution is -2.62. The Balaban J connectivity index is 1.96. The summed E-state index contributed by atoms with van der Waals surface area (Å²) in [6.45, 7) is 1.62. The summed E-state index contributed by atoms with van der Waals surface area (Å²) in [5, 5.41) is 3.54. The van der Waals surface area contributed by atoms with Crippen molar-refractivity contribution in [3.63, 3.8) is 0 Å². The van der Waals surface area contributed by atoms with Gasteiger partial charge in [-0.1, -0.05) is 18.2 Å². The minimum atomic E-state index is -0.239. The first kappa shape index (κ1) is 9.86. The number of thiocarbonyl (C=S) groups is 1. The Bertz CT molecular complexity index is 448. The third kappa shape index (κ3) is 1.36. The van der Waals surface area contributed by atoms with E-state index in [1.54, 1.807) is 4.90 Å². The molecule has 1 atom stereocenters. The highest BCUT2D eigenvalue weighted by Crippen LogP contribution is 2.22. The predicted octanol–water partition coefficient (Wildman–Crippen LogP) is 0.269. The lowest BCUT2D eigenvalue weighted by molar-refractivity contribution is -0.130. The fourth-order valence-corrected chi connectivity index (χ4v) is 2.39. The van der Waals surface area contributed by atoms with E-state index in [0.717, 1.165) is 18.8 Å². The van der Waals surface area contributed by atoms with Gasteiger partial charge in [-0.15, -0.1) is 0 Å². The van der Waals surface area contributed by atoms with Gasteiger partial charge in [0.1, 0.15) is 0 Å². The number of rotatable bonds is 1. The number of nitrogens with one attached hydrogen (secondary N) is 1. The molecular weight excluding hydrogens is 222 g/mol. The minimum Gasteiger partial charge on any atom is -0.313 e. The molecule has 2 heterocycles. The molecule has 5 heteroatoms. The first-order valence-electron chi connectivity index (χ1n) is 5.28. The third-order valence-electron chi connectivity index (χ3n) is 3.06. The zero-order valence-corrected chi connectivity index (χ0v) is 9.41. The molecule has 16 heavy (non-hydrogen) atoms. The first-order chi connectivity index (χ1) is 7.77. The van der Waals surface area contributed by atoms with Crippen LogP contribution in [-0.2, 0) is 4.79 Å². The highest BCUT2D eigenvalue weighted by molar-refractivity contribution is 7.80. The topological polar surface area (TPSA) is 44.7 Å². The molecule has 0 radical (unpaired) electrons. The van der Waals surface area contributed by atoms with Gasteiger partial charge < -0.3 is 5.32 Å². The molecular formula is C11H11N3OS. The van der Waals surface area contributed by atoms with E-state index in [1.807, 2.05) is 24.3 Å². The maximum atomic E-state index is 12.2. The number of allylic oxidation sites excluding steroid dienone is 3. The van der Waals surface area contributed by atoms with Crippen LogP contribution in [0.4, 0.5) is 0 Å². The molecule has 1 amide bonds. The largest absolute Gasteiger partial charge is 0.313 e. The van der Waals surface area contributed by atoms with Crippen molar-refractivity contribution in [3.05, 3.63) is 24.3 Å². The Labute approximate surface area is 98.7 Å². The lowest BCUT2D eigenvalue weighted by atomic mass is 9.94. The monoisotopic (exact) mass is 233 g/mol. The van der Waals surface area contributed by atoms with Crippen molar-refractivity contribution in [1.82, 2.24) is 10.2 Å². The van der Waals surface area contributed by atoms with Crippen molar-refractivity contribution in [1.29, 1.82) is 0 Å². The van der Waals surface area contributed by atoms with Crippen LogP contribution in [0.25, 0.3) is 0 Å². The van der Waals surface area contributed by atoms with Crippen LogP contribution in [0.1, 0.15) is 0 Å². The molecule has 1 aliphatic carbocycles. The van der Waals surface area contributed by atoms with Crippen LogP contribution in [0.2, 0.25) is 0 Å². The molecule has 3 aliphatic rings. The quantitative estimate of drug-likeness (QED) is 0.661. The standard InChI is InChI=1S/C11H11N3OS/c15-10-8-3-1-2-4-9(8)13-11(16)14(10)7-5-12-6-7/h1-4,7-8,12H,5-6H2. The molecule has 0 bridgehead atoms. The minimum absolute atomic E-state index is 0.0575. The van der Waals surface area contributed by atoms with E-state index in [0.29, 0.717) is 5.11 Å². The molecule has 2 aliphatic heterocycles. The van der Waals surface area contributed by atoms with E-state index in [9.17, 15) is 4.79 Å². The number of carbonyl (C=O) groups excluding carboxylic acids is 1. The normalized spacial score (nSPS) is 28.9. The number of aliphatic imine (C=N–C) groups is 1. The summed E-state index contributed by atoms with van der Waals surface area (Å²) in [7, 11) is 0. The summed E-state index contributed by atoms with van der Waals surface area (Å²) in [5.41, 5.74) is 0.765. The average molecular weight is 233 g/mol. The number of hydrogen-bond acceptors (Lipinski definition) is 3. The van der Waals surface area contributed by atoms with E-state index in [2.05, 4.69) is 10.3 Å². The van der Waals surface area contributed by atoms with E-state index in [4.69, 9.17) is 12.2 Å². The Morgan fingerprint density at radius 2 is 2.25 bits per heavy atom. The van der Waals surface area contributed by atoms with Crippen molar-refractivity contribution in [2.45, 2.75) is 6.04 Å². The van der Waals surface area contributed by atoms with Gasteiger partial charge >= 0.3 is 0 Å². The summed E-state index contributed by atoms with van der Waals surface area (Å²) < 4.78 is 0. The SMILES string of the molecule is O=C1C2C=CC=CC2=NC(=S)N1C1CNC1.